The van der Waals surface area contributed by atoms with Gasteiger partial charge in [-0.2, -0.15) is 11.8 Å². The Bertz CT molecular complexity index is 262. The summed E-state index contributed by atoms with van der Waals surface area (Å²) < 4.78 is 1.18. The Morgan fingerprint density at radius 1 is 1.08 bits per heavy atom. The van der Waals surface area contributed by atoms with Crippen LogP contribution in [0.25, 0.3) is 0 Å². The van der Waals surface area contributed by atoms with E-state index in [-0.39, 0.29) is 0 Å². The minimum Gasteiger partial charge on any atom is -0.162 e. The van der Waals surface area contributed by atoms with Crippen LogP contribution < -0.4 is 0 Å². The third-order valence-electron chi connectivity index (χ3n) is 2.56. The van der Waals surface area contributed by atoms with E-state index < -0.39 is 0 Å². The third kappa shape index (κ3) is 2.50. The van der Waals surface area contributed by atoms with Crippen molar-refractivity contribution in [2.24, 2.45) is 0 Å². The molecular weight excluding hydrogens is 244 g/mol. The molecule has 1 aliphatic rings. The highest BCUT2D eigenvalue weighted by Crippen LogP contribution is 2.31. The average Bonchev–Trinajstić information content (AvgIpc) is 2.20. The largest absolute Gasteiger partial charge is 0.162 e. The van der Waals surface area contributed by atoms with E-state index in [0.29, 0.717) is 0 Å². The second-order valence-electron chi connectivity index (χ2n) is 3.44. The first-order valence-electron chi connectivity index (χ1n) is 4.69. The van der Waals surface area contributed by atoms with Gasteiger partial charge in [-0.25, -0.2) is 0 Å². The zero-order valence-corrected chi connectivity index (χ0v) is 9.90. The lowest BCUT2D eigenvalue weighted by molar-refractivity contribution is 0.637. The van der Waals surface area contributed by atoms with Crippen molar-refractivity contribution >= 4 is 27.7 Å². The fraction of sp³-hybridized carbons (Fsp3) is 0.455. The topological polar surface area (TPSA) is 0 Å². The predicted molar refractivity (Wildman–Crippen MR) is 63.4 cm³/mol. The second kappa shape index (κ2) is 4.52. The van der Waals surface area contributed by atoms with Crippen LogP contribution in [0.1, 0.15) is 24.3 Å². The zero-order valence-electron chi connectivity index (χ0n) is 7.50. The maximum absolute atomic E-state index is 3.47. The Morgan fingerprint density at radius 2 is 1.69 bits per heavy atom. The number of benzene rings is 1. The smallest absolute Gasteiger partial charge is 0.0175 e. The van der Waals surface area contributed by atoms with Crippen molar-refractivity contribution in [3.63, 3.8) is 0 Å². The summed E-state index contributed by atoms with van der Waals surface area (Å²) in [6.07, 6.45) is 2.71. The van der Waals surface area contributed by atoms with E-state index in [4.69, 9.17) is 0 Å². The fourth-order valence-corrected chi connectivity index (χ4v) is 3.14. The van der Waals surface area contributed by atoms with Gasteiger partial charge in [-0.1, -0.05) is 28.1 Å². The first-order valence-corrected chi connectivity index (χ1v) is 6.64. The first-order chi connectivity index (χ1) is 6.36. The van der Waals surface area contributed by atoms with Gasteiger partial charge in [0.2, 0.25) is 0 Å². The Labute approximate surface area is 92.2 Å². The third-order valence-corrected chi connectivity index (χ3v) is 4.14. The molecule has 1 heterocycles. The lowest BCUT2D eigenvalue weighted by Crippen LogP contribution is -2.07. The molecule has 1 aromatic rings. The molecule has 1 fully saturated rings. The number of rotatable bonds is 1. The van der Waals surface area contributed by atoms with Crippen molar-refractivity contribution < 1.29 is 0 Å². The number of hydrogen-bond acceptors (Lipinski definition) is 1. The molecule has 0 spiro atoms. The van der Waals surface area contributed by atoms with E-state index in [1.54, 1.807) is 0 Å². The van der Waals surface area contributed by atoms with Crippen molar-refractivity contribution in [1.82, 2.24) is 0 Å². The van der Waals surface area contributed by atoms with Gasteiger partial charge in [-0.15, -0.1) is 0 Å². The van der Waals surface area contributed by atoms with Gasteiger partial charge in [0, 0.05) is 4.47 Å². The van der Waals surface area contributed by atoms with Gasteiger partial charge in [0.25, 0.3) is 0 Å². The summed E-state index contributed by atoms with van der Waals surface area (Å²) in [5.74, 6) is 3.48. The Balaban J connectivity index is 2.10. The highest BCUT2D eigenvalue weighted by Gasteiger charge is 2.14. The molecule has 0 amide bonds. The molecule has 0 N–H and O–H groups in total. The Hall–Kier alpha value is 0.0500. The minimum atomic E-state index is 0.814. The van der Waals surface area contributed by atoms with Crippen molar-refractivity contribution in [2.75, 3.05) is 11.5 Å². The van der Waals surface area contributed by atoms with E-state index in [0.717, 1.165) is 5.92 Å². The first kappa shape index (κ1) is 9.60. The second-order valence-corrected chi connectivity index (χ2v) is 5.58. The molecule has 0 aromatic heterocycles. The number of thioether (sulfide) groups is 1. The molecule has 0 bridgehead atoms. The molecule has 0 aliphatic carbocycles. The van der Waals surface area contributed by atoms with Crippen LogP contribution >= 0.6 is 27.7 Å². The molecule has 1 saturated heterocycles. The normalized spacial score (nSPS) is 18.8. The molecular formula is C11H13BrS. The summed E-state index contributed by atoms with van der Waals surface area (Å²) in [5.41, 5.74) is 1.52. The molecule has 2 heteroatoms. The van der Waals surface area contributed by atoms with Crippen LogP contribution in [0.15, 0.2) is 28.7 Å². The van der Waals surface area contributed by atoms with E-state index >= 15 is 0 Å². The van der Waals surface area contributed by atoms with Crippen molar-refractivity contribution in [3.8, 4) is 0 Å². The van der Waals surface area contributed by atoms with Crippen LogP contribution in [0.4, 0.5) is 0 Å². The Kier molecular flexibility index (Phi) is 3.33. The summed E-state index contributed by atoms with van der Waals surface area (Å²) in [6, 6.07) is 8.81. The fourth-order valence-electron chi connectivity index (χ4n) is 1.77. The van der Waals surface area contributed by atoms with Crippen LogP contribution in [-0.4, -0.2) is 11.5 Å². The summed E-state index contributed by atoms with van der Waals surface area (Å²) >= 11 is 5.55. The minimum absolute atomic E-state index is 0.814. The molecule has 13 heavy (non-hydrogen) atoms. The molecule has 0 saturated carbocycles. The highest BCUT2D eigenvalue weighted by molar-refractivity contribution is 9.10. The summed E-state index contributed by atoms with van der Waals surface area (Å²) in [4.78, 5) is 0. The highest BCUT2D eigenvalue weighted by atomic mass is 79.9. The van der Waals surface area contributed by atoms with Gasteiger partial charge in [0.05, 0.1) is 0 Å². The van der Waals surface area contributed by atoms with E-state index in [1.165, 1.54) is 34.4 Å². The van der Waals surface area contributed by atoms with E-state index in [2.05, 4.69) is 52.0 Å². The molecule has 0 nitrogen and oxygen atoms in total. The van der Waals surface area contributed by atoms with Crippen LogP contribution in [0.5, 0.6) is 0 Å². The quantitative estimate of drug-likeness (QED) is 0.731. The maximum Gasteiger partial charge on any atom is 0.0175 e. The van der Waals surface area contributed by atoms with E-state index in [1.807, 2.05) is 0 Å². The lowest BCUT2D eigenvalue weighted by Gasteiger charge is -2.21. The predicted octanol–water partition coefficient (Wildman–Crippen LogP) is 4.06. The van der Waals surface area contributed by atoms with Crippen molar-refractivity contribution in [1.29, 1.82) is 0 Å². The molecule has 1 aromatic carbocycles. The lowest BCUT2D eigenvalue weighted by atomic mass is 9.94. The van der Waals surface area contributed by atoms with Gasteiger partial charge >= 0.3 is 0 Å². The summed E-state index contributed by atoms with van der Waals surface area (Å²) in [7, 11) is 0. The van der Waals surface area contributed by atoms with Gasteiger partial charge in [-0.05, 0) is 48.0 Å². The maximum atomic E-state index is 3.47. The molecule has 0 atom stereocenters. The monoisotopic (exact) mass is 256 g/mol. The van der Waals surface area contributed by atoms with Crippen LogP contribution in [0, 0.1) is 0 Å². The van der Waals surface area contributed by atoms with Gasteiger partial charge < -0.3 is 0 Å². The molecule has 2 rings (SSSR count). The SMILES string of the molecule is Brc1ccc(C2CCSCC2)cc1. The standard InChI is InChI=1S/C11H13BrS/c12-11-3-1-9(2-4-11)10-5-7-13-8-6-10/h1-4,10H,5-8H2. The molecule has 1 aliphatic heterocycles. The van der Waals surface area contributed by atoms with Crippen LogP contribution in [0.3, 0.4) is 0 Å². The van der Waals surface area contributed by atoms with Crippen LogP contribution in [0.2, 0.25) is 0 Å². The van der Waals surface area contributed by atoms with Gasteiger partial charge in [-0.3, -0.25) is 0 Å². The Morgan fingerprint density at radius 3 is 2.31 bits per heavy atom. The summed E-state index contributed by atoms with van der Waals surface area (Å²) in [5, 5.41) is 0. The van der Waals surface area contributed by atoms with Crippen LogP contribution in [-0.2, 0) is 0 Å². The number of halogens is 1. The van der Waals surface area contributed by atoms with Crippen molar-refractivity contribution in [2.45, 2.75) is 18.8 Å². The summed E-state index contributed by atoms with van der Waals surface area (Å²) in [6.45, 7) is 0. The zero-order chi connectivity index (χ0) is 9.10. The molecule has 70 valence electrons. The van der Waals surface area contributed by atoms with E-state index in [9.17, 15) is 0 Å². The van der Waals surface area contributed by atoms with Crippen molar-refractivity contribution in [3.05, 3.63) is 34.3 Å². The number of hydrogen-bond donors (Lipinski definition) is 0. The molecule has 0 radical (unpaired) electrons. The van der Waals surface area contributed by atoms with Gasteiger partial charge in [0.15, 0.2) is 0 Å². The van der Waals surface area contributed by atoms with Gasteiger partial charge in [0.1, 0.15) is 0 Å². The average molecular weight is 257 g/mol. The molecule has 0 unspecified atom stereocenters.